The number of nitrogens with zero attached hydrogens (tertiary/aromatic N) is 1. The molecular weight excluding hydrogens is 182 g/mol. The highest BCUT2D eigenvalue weighted by Crippen LogP contribution is 1.73. The second-order valence-corrected chi connectivity index (χ2v) is 2.27. The van der Waals surface area contributed by atoms with E-state index in [9.17, 15) is 9.59 Å². The molecule has 2 N–H and O–H groups in total. The third-order valence-electron chi connectivity index (χ3n) is 1.25. The summed E-state index contributed by atoms with van der Waals surface area (Å²) >= 11 is 0. The van der Waals surface area contributed by atoms with Crippen molar-refractivity contribution >= 4 is 11.8 Å². The summed E-state index contributed by atoms with van der Waals surface area (Å²) in [5, 5.41) is 12.6. The van der Waals surface area contributed by atoms with Crippen LogP contribution in [0.5, 0.6) is 0 Å². The van der Waals surface area contributed by atoms with Crippen LogP contribution in [-0.2, 0) is 9.59 Å². The molecule has 0 spiro atoms. The first-order valence-corrected chi connectivity index (χ1v) is 4.05. The standard InChI is InChI=1S/C9H11N3O2/c1-2-3-4-6-11-8(13)9(14)12-7-5-10/h4,6-7H2,1H3,(H,11,13)(H,12,14). The number of nitrogens with one attached hydrogen (secondary N) is 2. The molecule has 0 fully saturated rings. The van der Waals surface area contributed by atoms with Crippen molar-refractivity contribution in [2.45, 2.75) is 13.3 Å². The summed E-state index contributed by atoms with van der Waals surface area (Å²) in [7, 11) is 0. The zero-order chi connectivity index (χ0) is 10.8. The molecule has 0 aliphatic heterocycles. The SMILES string of the molecule is CC#CCCNC(=O)C(=O)NCC#N. The zero-order valence-electron chi connectivity index (χ0n) is 7.89. The van der Waals surface area contributed by atoms with E-state index in [2.05, 4.69) is 22.5 Å². The number of hydrogen-bond acceptors (Lipinski definition) is 3. The van der Waals surface area contributed by atoms with Crippen molar-refractivity contribution in [3.05, 3.63) is 0 Å². The summed E-state index contributed by atoms with van der Waals surface area (Å²) in [4.78, 5) is 21.8. The normalized spacial score (nSPS) is 7.71. The molecule has 14 heavy (non-hydrogen) atoms. The highest BCUT2D eigenvalue weighted by atomic mass is 16.2. The first kappa shape index (κ1) is 12.0. The fourth-order valence-electron chi connectivity index (χ4n) is 0.644. The topological polar surface area (TPSA) is 82.0 Å². The summed E-state index contributed by atoms with van der Waals surface area (Å²) in [6.07, 6.45) is 0.508. The van der Waals surface area contributed by atoms with Crippen LogP contribution in [0, 0.1) is 23.2 Å². The van der Waals surface area contributed by atoms with Crippen molar-refractivity contribution in [3.63, 3.8) is 0 Å². The first-order valence-electron chi connectivity index (χ1n) is 4.05. The quantitative estimate of drug-likeness (QED) is 0.265. The maximum Gasteiger partial charge on any atom is 0.310 e. The van der Waals surface area contributed by atoms with E-state index in [-0.39, 0.29) is 6.54 Å². The van der Waals surface area contributed by atoms with E-state index in [4.69, 9.17) is 5.26 Å². The molecule has 5 nitrogen and oxygen atoms in total. The summed E-state index contributed by atoms with van der Waals surface area (Å²) in [6, 6.07) is 1.70. The highest BCUT2D eigenvalue weighted by Gasteiger charge is 2.10. The third kappa shape index (κ3) is 5.62. The number of hydrogen-bond donors (Lipinski definition) is 2. The van der Waals surface area contributed by atoms with Crippen molar-refractivity contribution in [2.75, 3.05) is 13.1 Å². The van der Waals surface area contributed by atoms with Gasteiger partial charge in [-0.25, -0.2) is 0 Å². The van der Waals surface area contributed by atoms with Gasteiger partial charge in [0.2, 0.25) is 0 Å². The van der Waals surface area contributed by atoms with Crippen molar-refractivity contribution in [2.24, 2.45) is 0 Å². The van der Waals surface area contributed by atoms with Crippen LogP contribution in [0.25, 0.3) is 0 Å². The molecule has 0 unspecified atom stereocenters. The van der Waals surface area contributed by atoms with Crippen LogP contribution in [-0.4, -0.2) is 24.9 Å². The number of rotatable bonds is 3. The number of carbonyl (C=O) groups is 2. The van der Waals surface area contributed by atoms with Crippen LogP contribution in [0.4, 0.5) is 0 Å². The maximum absolute atomic E-state index is 10.9. The Bertz CT molecular complexity index is 306. The molecule has 0 aromatic rings. The van der Waals surface area contributed by atoms with Gasteiger partial charge in [0.1, 0.15) is 6.54 Å². The van der Waals surface area contributed by atoms with E-state index >= 15 is 0 Å². The lowest BCUT2D eigenvalue weighted by molar-refractivity contribution is -0.139. The molecule has 0 bridgehead atoms. The molecule has 0 heterocycles. The van der Waals surface area contributed by atoms with Crippen molar-refractivity contribution in [1.82, 2.24) is 10.6 Å². The molecule has 0 aromatic carbocycles. The van der Waals surface area contributed by atoms with Gasteiger partial charge in [0.15, 0.2) is 0 Å². The Balaban J connectivity index is 3.67. The van der Waals surface area contributed by atoms with Gasteiger partial charge in [0, 0.05) is 13.0 Å². The molecule has 0 atom stereocenters. The molecule has 0 saturated heterocycles. The lowest BCUT2D eigenvalue weighted by Crippen LogP contribution is -2.40. The van der Waals surface area contributed by atoms with Gasteiger partial charge >= 0.3 is 11.8 Å². The Morgan fingerprint density at radius 1 is 1.29 bits per heavy atom. The van der Waals surface area contributed by atoms with Gasteiger partial charge < -0.3 is 10.6 Å². The minimum atomic E-state index is -0.795. The van der Waals surface area contributed by atoms with Crippen LogP contribution >= 0.6 is 0 Å². The summed E-state index contributed by atoms with van der Waals surface area (Å²) in [5.74, 6) is 3.86. The molecule has 0 rings (SSSR count). The Hall–Kier alpha value is -2.01. The molecule has 0 radical (unpaired) electrons. The van der Waals surface area contributed by atoms with Gasteiger partial charge in [0.05, 0.1) is 6.07 Å². The average molecular weight is 193 g/mol. The van der Waals surface area contributed by atoms with Crippen LogP contribution in [0.1, 0.15) is 13.3 Å². The van der Waals surface area contributed by atoms with Gasteiger partial charge in [-0.2, -0.15) is 5.26 Å². The first-order chi connectivity index (χ1) is 6.72. The minimum absolute atomic E-state index is 0.166. The molecule has 0 aromatic heterocycles. The smallest absolute Gasteiger partial charge is 0.310 e. The van der Waals surface area contributed by atoms with Crippen molar-refractivity contribution in [1.29, 1.82) is 5.26 Å². The fourth-order valence-corrected chi connectivity index (χ4v) is 0.644. The Morgan fingerprint density at radius 2 is 1.93 bits per heavy atom. The van der Waals surface area contributed by atoms with Gasteiger partial charge in [-0.3, -0.25) is 9.59 Å². The predicted octanol–water partition coefficient (Wildman–Crippen LogP) is -0.844. The summed E-state index contributed by atoms with van der Waals surface area (Å²) in [6.45, 7) is 1.86. The van der Waals surface area contributed by atoms with E-state index in [1.54, 1.807) is 13.0 Å². The maximum atomic E-state index is 10.9. The average Bonchev–Trinajstić information content (AvgIpc) is 2.20. The van der Waals surface area contributed by atoms with E-state index in [0.717, 1.165) is 0 Å². The number of amides is 2. The van der Waals surface area contributed by atoms with Crippen molar-refractivity contribution in [3.8, 4) is 17.9 Å². The molecule has 0 aliphatic carbocycles. The lowest BCUT2D eigenvalue weighted by Gasteiger charge is -2.01. The minimum Gasteiger partial charge on any atom is -0.347 e. The van der Waals surface area contributed by atoms with E-state index in [0.29, 0.717) is 13.0 Å². The van der Waals surface area contributed by atoms with E-state index in [1.165, 1.54) is 0 Å². The number of carbonyl (C=O) groups excluding carboxylic acids is 2. The third-order valence-corrected chi connectivity index (χ3v) is 1.25. The van der Waals surface area contributed by atoms with E-state index in [1.807, 2.05) is 0 Å². The van der Waals surface area contributed by atoms with Gasteiger partial charge in [0.25, 0.3) is 0 Å². The lowest BCUT2D eigenvalue weighted by atomic mass is 10.4. The molecule has 2 amide bonds. The van der Waals surface area contributed by atoms with Crippen LogP contribution in [0.3, 0.4) is 0 Å². The molecule has 74 valence electrons. The highest BCUT2D eigenvalue weighted by molar-refractivity contribution is 6.35. The Kier molecular flexibility index (Phi) is 6.53. The Morgan fingerprint density at radius 3 is 2.50 bits per heavy atom. The molecular formula is C9H11N3O2. The summed E-state index contributed by atoms with van der Waals surface area (Å²) < 4.78 is 0. The van der Waals surface area contributed by atoms with Crippen LogP contribution in [0.15, 0.2) is 0 Å². The molecule has 0 saturated carbocycles. The fraction of sp³-hybridized carbons (Fsp3) is 0.444. The Labute approximate surface area is 82.5 Å². The largest absolute Gasteiger partial charge is 0.347 e. The van der Waals surface area contributed by atoms with Gasteiger partial charge in [-0.05, 0) is 6.92 Å². The predicted molar refractivity (Wildman–Crippen MR) is 49.7 cm³/mol. The second kappa shape index (κ2) is 7.63. The van der Waals surface area contributed by atoms with E-state index < -0.39 is 11.8 Å². The van der Waals surface area contributed by atoms with Gasteiger partial charge in [-0.1, -0.05) is 0 Å². The second-order valence-electron chi connectivity index (χ2n) is 2.27. The number of nitriles is 1. The zero-order valence-corrected chi connectivity index (χ0v) is 7.89. The summed E-state index contributed by atoms with van der Waals surface area (Å²) in [5.41, 5.74) is 0. The monoisotopic (exact) mass is 193 g/mol. The molecule has 0 aliphatic rings. The molecule has 5 heteroatoms. The van der Waals surface area contributed by atoms with Gasteiger partial charge in [-0.15, -0.1) is 11.8 Å². The van der Waals surface area contributed by atoms with Crippen LogP contribution in [0.2, 0.25) is 0 Å². The van der Waals surface area contributed by atoms with Crippen LogP contribution < -0.4 is 10.6 Å². The van der Waals surface area contributed by atoms with Crippen molar-refractivity contribution < 1.29 is 9.59 Å².